The van der Waals surface area contributed by atoms with E-state index >= 15 is 0 Å². The van der Waals surface area contributed by atoms with Crippen LogP contribution in [-0.2, 0) is 21.4 Å². The Hall–Kier alpha value is -2.05. The number of sulfonamides is 1. The Labute approximate surface area is 199 Å². The lowest BCUT2D eigenvalue weighted by Crippen LogP contribution is -2.51. The van der Waals surface area contributed by atoms with Crippen molar-refractivity contribution in [3.8, 4) is 0 Å². The first kappa shape index (κ1) is 23.1. The number of thiazole rings is 1. The van der Waals surface area contributed by atoms with Crippen molar-refractivity contribution in [1.82, 2.24) is 19.1 Å². The molecule has 2 aromatic heterocycles. The summed E-state index contributed by atoms with van der Waals surface area (Å²) < 4.78 is 28.4. The summed E-state index contributed by atoms with van der Waals surface area (Å²) in [6, 6.07) is 6.84. The number of hydrogen-bond donors (Lipinski definition) is 0. The Bertz CT molecular complexity index is 1320. The third kappa shape index (κ3) is 4.40. The number of thiophene rings is 1. The third-order valence-corrected chi connectivity index (χ3v) is 9.86. The largest absolute Gasteiger partial charge is 0.344 e. The molecule has 1 saturated heterocycles. The Morgan fingerprint density at radius 2 is 1.97 bits per heavy atom. The number of hydrogen-bond acceptors (Lipinski definition) is 7. The monoisotopic (exact) mass is 512 g/mol. The topological polar surface area (TPSA) is 90.9 Å². The maximum atomic E-state index is 13.1. The van der Waals surface area contributed by atoms with Crippen LogP contribution in [0.1, 0.15) is 20.4 Å². The van der Waals surface area contributed by atoms with Crippen LogP contribution in [0.2, 0.25) is 5.02 Å². The number of amides is 2. The zero-order valence-corrected chi connectivity index (χ0v) is 20.9. The Balaban J connectivity index is 1.47. The van der Waals surface area contributed by atoms with Crippen LogP contribution in [0, 0.1) is 6.92 Å². The van der Waals surface area contributed by atoms with Crippen molar-refractivity contribution in [2.45, 2.75) is 17.7 Å². The van der Waals surface area contributed by atoms with E-state index in [0.29, 0.717) is 20.6 Å². The van der Waals surface area contributed by atoms with Gasteiger partial charge in [-0.3, -0.25) is 9.59 Å². The molecule has 0 unspecified atom stereocenters. The second kappa shape index (κ2) is 8.71. The van der Waals surface area contributed by atoms with Crippen molar-refractivity contribution in [3.63, 3.8) is 0 Å². The molecule has 170 valence electrons. The van der Waals surface area contributed by atoms with Gasteiger partial charge in [0.1, 0.15) is 14.1 Å². The van der Waals surface area contributed by atoms with E-state index in [0.717, 1.165) is 21.4 Å². The molecular formula is C20H21ClN4O4S3. The van der Waals surface area contributed by atoms with Gasteiger partial charge in [0.2, 0.25) is 5.91 Å². The first-order valence-corrected chi connectivity index (χ1v) is 13.2. The van der Waals surface area contributed by atoms with E-state index < -0.39 is 10.0 Å². The molecule has 0 aliphatic carbocycles. The van der Waals surface area contributed by atoms with Gasteiger partial charge in [-0.25, -0.2) is 13.4 Å². The normalized spacial score (nSPS) is 15.5. The number of carbonyl (C=O) groups is 2. The number of fused-ring (bicyclic) bond motifs is 1. The summed E-state index contributed by atoms with van der Waals surface area (Å²) in [7, 11) is -0.439. The van der Waals surface area contributed by atoms with Crippen molar-refractivity contribution in [2.24, 2.45) is 0 Å². The summed E-state index contributed by atoms with van der Waals surface area (Å²) >= 11 is 8.41. The molecule has 12 heteroatoms. The highest BCUT2D eigenvalue weighted by molar-refractivity contribution is 7.91. The maximum Gasteiger partial charge on any atom is 0.265 e. The summed E-state index contributed by atoms with van der Waals surface area (Å²) in [5, 5.41) is 1.99. The zero-order chi connectivity index (χ0) is 23.2. The van der Waals surface area contributed by atoms with Gasteiger partial charge >= 0.3 is 0 Å². The lowest BCUT2D eigenvalue weighted by atomic mass is 10.3. The molecule has 4 rings (SSSR count). The zero-order valence-electron chi connectivity index (χ0n) is 17.7. The van der Waals surface area contributed by atoms with Crippen LogP contribution in [0.25, 0.3) is 10.1 Å². The van der Waals surface area contributed by atoms with Gasteiger partial charge in [0, 0.05) is 36.9 Å². The molecule has 1 fully saturated rings. The fourth-order valence-corrected chi connectivity index (χ4v) is 7.69. The number of aromatic nitrogens is 1. The minimum atomic E-state index is -3.79. The van der Waals surface area contributed by atoms with Crippen LogP contribution in [0.5, 0.6) is 0 Å². The molecule has 2 amide bonds. The van der Waals surface area contributed by atoms with Gasteiger partial charge in [-0.2, -0.15) is 4.31 Å². The first-order valence-electron chi connectivity index (χ1n) is 9.71. The summed E-state index contributed by atoms with van der Waals surface area (Å²) in [6.07, 6.45) is 0. The molecule has 0 atom stereocenters. The molecule has 0 saturated carbocycles. The number of aryl methyl sites for hydroxylation is 1. The number of nitrogens with zero attached hydrogens (tertiary/aromatic N) is 4. The van der Waals surface area contributed by atoms with Gasteiger partial charge in [0.15, 0.2) is 0 Å². The lowest BCUT2D eigenvalue weighted by molar-refractivity contribution is -0.134. The molecule has 0 bridgehead atoms. The standard InChI is InChI=1S/C20H21ClN4O4S3/c1-12-19(20(27)23(2)3)31-16(22-12)10-24-6-7-25(11-17(24)26)32(28,29)18-8-13-4-5-14(21)9-15(13)30-18/h4-5,8-9H,6-7,10-11H2,1-3H3. The van der Waals surface area contributed by atoms with Crippen molar-refractivity contribution in [3.05, 3.63) is 44.9 Å². The second-order valence-corrected chi connectivity index (χ2v) is 12.4. The highest BCUT2D eigenvalue weighted by atomic mass is 35.5. The van der Waals surface area contributed by atoms with Crippen LogP contribution in [0.3, 0.4) is 0 Å². The number of piperazine rings is 1. The van der Waals surface area contributed by atoms with Crippen LogP contribution in [-0.4, -0.2) is 73.1 Å². The van der Waals surface area contributed by atoms with Crippen LogP contribution in [0.15, 0.2) is 28.5 Å². The Kier molecular flexibility index (Phi) is 6.29. The maximum absolute atomic E-state index is 13.1. The predicted molar refractivity (Wildman–Crippen MR) is 126 cm³/mol. The molecule has 32 heavy (non-hydrogen) atoms. The van der Waals surface area contributed by atoms with Gasteiger partial charge in [-0.15, -0.1) is 22.7 Å². The quantitative estimate of drug-likeness (QED) is 0.524. The van der Waals surface area contributed by atoms with Gasteiger partial charge in [0.05, 0.1) is 18.8 Å². The number of rotatable bonds is 5. The van der Waals surface area contributed by atoms with Crippen LogP contribution >= 0.6 is 34.3 Å². The third-order valence-electron chi connectivity index (χ3n) is 5.10. The van der Waals surface area contributed by atoms with Crippen molar-refractivity contribution >= 4 is 66.2 Å². The van der Waals surface area contributed by atoms with E-state index in [1.54, 1.807) is 50.2 Å². The summed E-state index contributed by atoms with van der Waals surface area (Å²) in [6.45, 7) is 2.23. The average molecular weight is 513 g/mol. The minimum absolute atomic E-state index is 0.127. The van der Waals surface area contributed by atoms with Gasteiger partial charge in [-0.05, 0) is 30.5 Å². The molecule has 1 aromatic carbocycles. The molecule has 0 radical (unpaired) electrons. The number of benzene rings is 1. The van der Waals surface area contributed by atoms with Crippen molar-refractivity contribution in [1.29, 1.82) is 0 Å². The molecule has 3 heterocycles. The molecular weight excluding hydrogens is 492 g/mol. The predicted octanol–water partition coefficient (Wildman–Crippen LogP) is 3.05. The fraction of sp³-hybridized carbons (Fsp3) is 0.350. The van der Waals surface area contributed by atoms with E-state index in [-0.39, 0.29) is 42.2 Å². The SMILES string of the molecule is Cc1nc(CN2CCN(S(=O)(=O)c3cc4ccc(Cl)cc4s3)CC2=O)sc1C(=O)N(C)C. The molecule has 0 N–H and O–H groups in total. The van der Waals surface area contributed by atoms with Crippen molar-refractivity contribution in [2.75, 3.05) is 33.7 Å². The highest BCUT2D eigenvalue weighted by Gasteiger charge is 2.34. The lowest BCUT2D eigenvalue weighted by Gasteiger charge is -2.32. The summed E-state index contributed by atoms with van der Waals surface area (Å²) in [5.41, 5.74) is 0.627. The van der Waals surface area contributed by atoms with Gasteiger partial charge in [0.25, 0.3) is 15.9 Å². The number of halogens is 1. The second-order valence-electron chi connectivity index (χ2n) is 7.62. The molecule has 1 aliphatic rings. The number of carbonyl (C=O) groups excluding carboxylic acids is 2. The highest BCUT2D eigenvalue weighted by Crippen LogP contribution is 2.33. The van der Waals surface area contributed by atoms with Gasteiger partial charge in [-0.1, -0.05) is 17.7 Å². The Morgan fingerprint density at radius 1 is 1.22 bits per heavy atom. The van der Waals surface area contributed by atoms with E-state index in [2.05, 4.69) is 4.98 Å². The van der Waals surface area contributed by atoms with Crippen molar-refractivity contribution < 1.29 is 18.0 Å². The molecule has 3 aromatic rings. The fourth-order valence-electron chi connectivity index (χ4n) is 3.38. The smallest absolute Gasteiger partial charge is 0.265 e. The molecule has 1 aliphatic heterocycles. The molecule has 8 nitrogen and oxygen atoms in total. The summed E-state index contributed by atoms with van der Waals surface area (Å²) in [4.78, 5) is 33.0. The van der Waals surface area contributed by atoms with E-state index in [1.807, 2.05) is 0 Å². The van der Waals surface area contributed by atoms with Gasteiger partial charge < -0.3 is 9.80 Å². The van der Waals surface area contributed by atoms with E-state index in [4.69, 9.17) is 11.6 Å². The van der Waals surface area contributed by atoms with E-state index in [9.17, 15) is 18.0 Å². The van der Waals surface area contributed by atoms with E-state index in [1.165, 1.54) is 20.5 Å². The average Bonchev–Trinajstić information content (AvgIpc) is 3.32. The Morgan fingerprint density at radius 3 is 2.66 bits per heavy atom. The first-order chi connectivity index (χ1) is 15.1. The molecule has 0 spiro atoms. The van der Waals surface area contributed by atoms with Crippen LogP contribution in [0.4, 0.5) is 0 Å². The van der Waals surface area contributed by atoms with Crippen LogP contribution < -0.4 is 0 Å². The minimum Gasteiger partial charge on any atom is -0.344 e. The summed E-state index contributed by atoms with van der Waals surface area (Å²) in [5.74, 6) is -0.421.